The third-order valence-electron chi connectivity index (χ3n) is 4.90. The van der Waals surface area contributed by atoms with Gasteiger partial charge in [-0.15, -0.1) is 0 Å². The van der Waals surface area contributed by atoms with Crippen LogP contribution < -0.4 is 9.79 Å². The van der Waals surface area contributed by atoms with E-state index in [0.29, 0.717) is 0 Å². The predicted octanol–water partition coefficient (Wildman–Crippen LogP) is -3.11. The molecule has 22 heteroatoms. The minimum absolute atomic E-state index is 0. The fourth-order valence-corrected chi connectivity index (χ4v) is 4.53. The molecule has 0 fully saturated rings. The molecule has 0 saturated carbocycles. The van der Waals surface area contributed by atoms with Crippen LogP contribution >= 0.6 is 15.6 Å². The Bertz CT molecular complexity index is 1570. The van der Waals surface area contributed by atoms with Gasteiger partial charge in [-0.2, -0.15) is 0 Å². The Labute approximate surface area is 269 Å². The Morgan fingerprint density at radius 3 is 0.804 bits per heavy atom. The van der Waals surface area contributed by atoms with E-state index in [0.717, 1.165) is 43.6 Å². The van der Waals surface area contributed by atoms with Gasteiger partial charge in [0.05, 0.1) is 22.1 Å². The second-order valence-corrected chi connectivity index (χ2v) is 9.98. The van der Waals surface area contributed by atoms with Gasteiger partial charge in [-0.1, -0.05) is 48.5 Å². The van der Waals surface area contributed by atoms with E-state index < -0.39 is 15.6 Å². The van der Waals surface area contributed by atoms with Crippen LogP contribution in [0.3, 0.4) is 0 Å². The molecule has 0 aliphatic rings. The number of pyridine rings is 4. The molecule has 0 saturated heterocycles. The molecule has 2 aromatic carbocycles. The molecule has 4 aromatic heterocycles. The molecule has 6 rings (SSSR count). The topological polar surface area (TPSA) is 434 Å². The third-order valence-corrected chi connectivity index (χ3v) is 6.55. The SMILES string of the molecule is O.O.O.O.O.O.O.O.O=P([O-])(O)OP(=O)([O-])O.[Ni+2].c1cnc2c(c1)ccc1cccnc12.c1cnc2c(c1)ccc1cccnc12. The maximum Gasteiger partial charge on any atom is 2.00 e. The zero-order chi connectivity index (χ0) is 26.5. The van der Waals surface area contributed by atoms with Gasteiger partial charge < -0.3 is 63.4 Å². The number of rotatable bonds is 2. The molecule has 260 valence electrons. The molecular formula is C24H34N4NiO15P2. The van der Waals surface area contributed by atoms with Crippen LogP contribution in [0.15, 0.2) is 97.6 Å². The van der Waals surface area contributed by atoms with Crippen LogP contribution in [-0.4, -0.2) is 73.5 Å². The van der Waals surface area contributed by atoms with Crippen molar-refractivity contribution in [2.45, 2.75) is 0 Å². The van der Waals surface area contributed by atoms with Gasteiger partial charge in [0, 0.05) is 46.3 Å². The molecule has 0 bridgehead atoms. The van der Waals surface area contributed by atoms with Crippen molar-refractivity contribution in [1.29, 1.82) is 0 Å². The summed E-state index contributed by atoms with van der Waals surface area (Å²) in [5.74, 6) is 0. The van der Waals surface area contributed by atoms with E-state index in [1.165, 1.54) is 0 Å². The summed E-state index contributed by atoms with van der Waals surface area (Å²) in [4.78, 5) is 51.5. The number of nitrogens with zero attached hydrogens (tertiary/aromatic N) is 4. The molecule has 0 aliphatic heterocycles. The Kier molecular flexibility index (Phi) is 28.4. The largest absolute Gasteiger partial charge is 2.00 e. The zero-order valence-corrected chi connectivity index (χ0v) is 25.9. The summed E-state index contributed by atoms with van der Waals surface area (Å²) in [6, 6.07) is 24.3. The second-order valence-electron chi connectivity index (χ2n) is 7.45. The van der Waals surface area contributed by atoms with Gasteiger partial charge in [-0.25, -0.2) is 4.31 Å². The molecule has 18 N–H and O–H groups in total. The first kappa shape index (κ1) is 55.0. The maximum atomic E-state index is 9.48. The first-order valence-corrected chi connectivity index (χ1v) is 13.6. The molecule has 0 amide bonds. The van der Waals surface area contributed by atoms with Crippen molar-refractivity contribution in [3.05, 3.63) is 97.6 Å². The van der Waals surface area contributed by atoms with Crippen LogP contribution in [0.25, 0.3) is 43.6 Å². The fraction of sp³-hybridized carbons (Fsp3) is 0. The van der Waals surface area contributed by atoms with Crippen molar-refractivity contribution in [1.82, 2.24) is 19.9 Å². The van der Waals surface area contributed by atoms with Crippen LogP contribution in [0.1, 0.15) is 0 Å². The third kappa shape index (κ3) is 15.2. The van der Waals surface area contributed by atoms with E-state index >= 15 is 0 Å². The van der Waals surface area contributed by atoms with Crippen LogP contribution in [-0.2, 0) is 29.9 Å². The molecule has 19 nitrogen and oxygen atoms in total. The van der Waals surface area contributed by atoms with Gasteiger partial charge in [-0.05, 0) is 24.3 Å². The van der Waals surface area contributed by atoms with Crippen molar-refractivity contribution in [3.8, 4) is 0 Å². The Morgan fingerprint density at radius 2 is 0.652 bits per heavy atom. The molecule has 0 aliphatic carbocycles. The van der Waals surface area contributed by atoms with Crippen molar-refractivity contribution >= 4 is 59.3 Å². The normalized spacial score (nSPS) is 11.4. The van der Waals surface area contributed by atoms with Crippen molar-refractivity contribution in [2.24, 2.45) is 0 Å². The predicted molar refractivity (Wildman–Crippen MR) is 164 cm³/mol. The summed E-state index contributed by atoms with van der Waals surface area (Å²) in [6.07, 6.45) is 7.21. The van der Waals surface area contributed by atoms with Crippen LogP contribution in [0.5, 0.6) is 0 Å². The number of benzene rings is 2. The summed E-state index contributed by atoms with van der Waals surface area (Å²) in [6.45, 7) is 0. The fourth-order valence-electron chi connectivity index (χ4n) is 3.49. The van der Waals surface area contributed by atoms with Crippen molar-refractivity contribution in [3.63, 3.8) is 0 Å². The molecule has 6 aromatic rings. The van der Waals surface area contributed by atoms with E-state index in [4.69, 9.17) is 9.79 Å². The average molecular weight is 739 g/mol. The zero-order valence-electron chi connectivity index (χ0n) is 23.2. The first-order valence-electron chi connectivity index (χ1n) is 10.6. The van der Waals surface area contributed by atoms with E-state index in [9.17, 15) is 18.9 Å². The van der Waals surface area contributed by atoms with Crippen LogP contribution in [0.4, 0.5) is 0 Å². The summed E-state index contributed by atoms with van der Waals surface area (Å²) in [5.41, 5.74) is 3.91. The van der Waals surface area contributed by atoms with E-state index in [-0.39, 0.29) is 60.3 Å². The molecule has 46 heavy (non-hydrogen) atoms. The summed E-state index contributed by atoms with van der Waals surface area (Å²) in [5, 5.41) is 4.55. The van der Waals surface area contributed by atoms with Gasteiger partial charge in [0.25, 0.3) is 15.6 Å². The quantitative estimate of drug-likeness (QED) is 0.102. The number of hydrogen-bond donors (Lipinski definition) is 2. The maximum absolute atomic E-state index is 9.48. The number of phosphoric acid groups is 2. The van der Waals surface area contributed by atoms with Crippen molar-refractivity contribution in [2.75, 3.05) is 0 Å². The number of hydrogen-bond acceptors (Lipinski definition) is 9. The average Bonchev–Trinajstić information content (AvgIpc) is 2.87. The molecular weight excluding hydrogens is 705 g/mol. The monoisotopic (exact) mass is 738 g/mol. The van der Waals surface area contributed by atoms with E-state index in [2.05, 4.69) is 72.8 Å². The number of fused-ring (bicyclic) bond motifs is 6. The van der Waals surface area contributed by atoms with E-state index in [1.54, 1.807) is 24.8 Å². The Hall–Kier alpha value is -3.49. The minimum Gasteiger partial charge on any atom is -0.756 e. The van der Waals surface area contributed by atoms with E-state index in [1.807, 2.05) is 24.3 Å². The standard InChI is InChI=1S/2C12H8N2.Ni.H4O7P2.8H2O/c2*1-3-9-5-6-10-4-2-8-14-12(10)11(9)13-7-1;;1-8(2,3)7-9(4,5)6;;;;;;;;/h2*1-8H;;(H2,1,2,3)(H2,4,5,6);8*1H2/q;;+2;;;;;;;;;/p-2. The molecule has 2 atom stereocenters. The second kappa shape index (κ2) is 23.8. The van der Waals surface area contributed by atoms with Crippen LogP contribution in [0.2, 0.25) is 0 Å². The molecule has 2 unspecified atom stereocenters. The molecule has 4 heterocycles. The smallest absolute Gasteiger partial charge is 0.756 e. The molecule has 0 spiro atoms. The Morgan fingerprint density at radius 1 is 0.457 bits per heavy atom. The molecule has 0 radical (unpaired) electrons. The minimum atomic E-state index is -5.36. The summed E-state index contributed by atoms with van der Waals surface area (Å²) in [7, 11) is -10.7. The van der Waals surface area contributed by atoms with Crippen molar-refractivity contribution < 1.29 is 93.3 Å². The van der Waals surface area contributed by atoms with Gasteiger partial charge >= 0.3 is 16.5 Å². The van der Waals surface area contributed by atoms with Gasteiger partial charge in [-0.3, -0.25) is 29.1 Å². The van der Waals surface area contributed by atoms with Gasteiger partial charge in [0.15, 0.2) is 0 Å². The van der Waals surface area contributed by atoms with Gasteiger partial charge in [0.1, 0.15) is 0 Å². The Balaban J connectivity index is -0.000000122. The summed E-state index contributed by atoms with van der Waals surface area (Å²) < 4.78 is 21.7. The van der Waals surface area contributed by atoms with Crippen LogP contribution in [0, 0.1) is 0 Å². The number of aromatic nitrogens is 4. The first-order chi connectivity index (χ1) is 17.6. The summed E-state index contributed by atoms with van der Waals surface area (Å²) >= 11 is 0. The van der Waals surface area contributed by atoms with Gasteiger partial charge in [0.2, 0.25) is 0 Å².